The van der Waals surface area contributed by atoms with Gasteiger partial charge < -0.3 is 10.2 Å². The van der Waals surface area contributed by atoms with Crippen molar-refractivity contribution in [2.45, 2.75) is 19.3 Å². The fraction of sp³-hybridized carbons (Fsp3) is 0.263. The predicted molar refractivity (Wildman–Crippen MR) is 102 cm³/mol. The number of benzene rings is 2. The summed E-state index contributed by atoms with van der Waals surface area (Å²) in [5.74, 6) is 0. The van der Waals surface area contributed by atoms with Gasteiger partial charge in [-0.05, 0) is 43.5 Å². The lowest BCUT2D eigenvalue weighted by molar-refractivity contribution is -0.384. The number of nitrogens with zero attached hydrogens (tertiary/aromatic N) is 3. The number of anilines is 2. The molecule has 0 aliphatic carbocycles. The maximum atomic E-state index is 13.0. The molecule has 0 unspecified atom stereocenters. The number of rotatable bonds is 3. The molecule has 2 aromatic carbocycles. The van der Waals surface area contributed by atoms with E-state index in [-0.39, 0.29) is 11.4 Å². The Labute approximate surface area is 156 Å². The maximum Gasteiger partial charge on any atom is 0.334 e. The number of nitro groups is 1. The summed E-state index contributed by atoms with van der Waals surface area (Å²) in [6.07, 6.45) is 2.83. The molecule has 0 aromatic heterocycles. The van der Waals surface area contributed by atoms with Gasteiger partial charge in [0, 0.05) is 30.9 Å². The minimum Gasteiger partial charge on any atom is -0.324 e. The Kier molecular flexibility index (Phi) is 5.65. The van der Waals surface area contributed by atoms with Crippen LogP contribution >= 0.6 is 0 Å². The van der Waals surface area contributed by atoms with Gasteiger partial charge in [-0.2, -0.15) is 0 Å². The summed E-state index contributed by atoms with van der Waals surface area (Å²) in [7, 11) is 0. The van der Waals surface area contributed by atoms with Crippen LogP contribution in [0.4, 0.5) is 26.7 Å². The molecule has 8 nitrogen and oxygen atoms in total. The average Bonchev–Trinajstić information content (AvgIpc) is 2.70. The first kappa shape index (κ1) is 18.4. The summed E-state index contributed by atoms with van der Waals surface area (Å²) in [6, 6.07) is 13.1. The second-order valence-corrected chi connectivity index (χ2v) is 6.24. The molecule has 27 heavy (non-hydrogen) atoms. The number of carbonyl (C=O) groups excluding carboxylic acids is 2. The predicted octanol–water partition coefficient (Wildman–Crippen LogP) is 4.24. The van der Waals surface area contributed by atoms with Crippen molar-refractivity contribution >= 4 is 29.1 Å². The zero-order valence-electron chi connectivity index (χ0n) is 14.7. The van der Waals surface area contributed by atoms with E-state index in [0.29, 0.717) is 18.8 Å². The van der Waals surface area contributed by atoms with Crippen LogP contribution in [-0.4, -0.2) is 35.0 Å². The summed E-state index contributed by atoms with van der Waals surface area (Å²) < 4.78 is 0. The highest BCUT2D eigenvalue weighted by Crippen LogP contribution is 2.23. The Balaban J connectivity index is 1.88. The zero-order chi connectivity index (χ0) is 19.2. The highest BCUT2D eigenvalue weighted by atomic mass is 16.6. The fourth-order valence-electron chi connectivity index (χ4n) is 2.97. The van der Waals surface area contributed by atoms with Gasteiger partial charge in [-0.15, -0.1) is 0 Å². The topological polar surface area (TPSA) is 95.8 Å². The van der Waals surface area contributed by atoms with Crippen LogP contribution in [0.3, 0.4) is 0 Å². The lowest BCUT2D eigenvalue weighted by Gasteiger charge is -2.32. The first-order valence-corrected chi connectivity index (χ1v) is 8.76. The molecule has 0 saturated carbocycles. The van der Waals surface area contributed by atoms with Crippen molar-refractivity contribution in [2.24, 2.45) is 0 Å². The molecule has 1 heterocycles. The summed E-state index contributed by atoms with van der Waals surface area (Å²) in [5, 5.41) is 13.6. The number of piperidine rings is 1. The van der Waals surface area contributed by atoms with Gasteiger partial charge in [0.15, 0.2) is 0 Å². The second-order valence-electron chi connectivity index (χ2n) is 6.24. The highest BCUT2D eigenvalue weighted by Gasteiger charge is 2.29. The third-order valence-electron chi connectivity index (χ3n) is 4.36. The van der Waals surface area contributed by atoms with Crippen LogP contribution in [0.1, 0.15) is 19.3 Å². The molecule has 0 atom stereocenters. The zero-order valence-corrected chi connectivity index (χ0v) is 14.7. The Hall–Kier alpha value is -3.42. The lowest BCUT2D eigenvalue weighted by atomic mass is 10.1. The minimum atomic E-state index is -0.606. The molecule has 0 spiro atoms. The molecule has 1 saturated heterocycles. The number of para-hydroxylation sites is 1. The molecule has 8 heteroatoms. The first-order valence-electron chi connectivity index (χ1n) is 8.76. The van der Waals surface area contributed by atoms with Crippen molar-refractivity contribution in [2.75, 3.05) is 23.3 Å². The standard InChI is InChI=1S/C19H20N4O4/c24-18(20-15-7-3-1-4-8-15)22(19(25)21-13-5-2-6-14-21)16-9-11-17(12-10-16)23(26)27/h1,3-4,7-12H,2,5-6,13-14H2,(H,20,24). The van der Waals surface area contributed by atoms with Gasteiger partial charge in [0.1, 0.15) is 0 Å². The van der Waals surface area contributed by atoms with Crippen molar-refractivity contribution in [3.05, 3.63) is 64.7 Å². The SMILES string of the molecule is O=C(Nc1ccccc1)N(C(=O)N1CCCCC1)c1ccc([N+](=O)[O-])cc1. The number of hydrogen-bond donors (Lipinski definition) is 1. The van der Waals surface area contributed by atoms with E-state index in [2.05, 4.69) is 5.32 Å². The van der Waals surface area contributed by atoms with Gasteiger partial charge in [-0.1, -0.05) is 18.2 Å². The summed E-state index contributed by atoms with van der Waals surface area (Å²) >= 11 is 0. The number of nitrogens with one attached hydrogen (secondary N) is 1. The number of carbonyl (C=O) groups is 2. The summed E-state index contributed by atoms with van der Waals surface area (Å²) in [6.45, 7) is 1.17. The van der Waals surface area contributed by atoms with Crippen molar-refractivity contribution in [1.29, 1.82) is 0 Å². The smallest absolute Gasteiger partial charge is 0.324 e. The van der Waals surface area contributed by atoms with E-state index >= 15 is 0 Å². The first-order chi connectivity index (χ1) is 13.1. The maximum absolute atomic E-state index is 13.0. The number of nitro benzene ring substituents is 1. The van der Waals surface area contributed by atoms with Crippen LogP contribution < -0.4 is 10.2 Å². The van der Waals surface area contributed by atoms with Gasteiger partial charge >= 0.3 is 12.1 Å². The van der Waals surface area contributed by atoms with E-state index in [1.54, 1.807) is 29.2 Å². The number of amides is 4. The molecule has 1 fully saturated rings. The monoisotopic (exact) mass is 368 g/mol. The molecule has 3 rings (SSSR count). The number of likely N-dealkylation sites (tertiary alicyclic amines) is 1. The van der Waals surface area contributed by atoms with Gasteiger partial charge in [0.25, 0.3) is 5.69 Å². The van der Waals surface area contributed by atoms with Crippen LogP contribution in [-0.2, 0) is 0 Å². The summed E-state index contributed by atoms with van der Waals surface area (Å²) in [4.78, 5) is 38.9. The molecule has 140 valence electrons. The van der Waals surface area contributed by atoms with Crippen LogP contribution in [0.15, 0.2) is 54.6 Å². The number of hydrogen-bond acceptors (Lipinski definition) is 4. The average molecular weight is 368 g/mol. The molecule has 1 aliphatic heterocycles. The number of non-ortho nitro benzene ring substituents is 1. The Morgan fingerprint density at radius 2 is 1.59 bits per heavy atom. The number of imide groups is 1. The molecular weight excluding hydrogens is 348 g/mol. The van der Waals surface area contributed by atoms with Crippen molar-refractivity contribution in [3.63, 3.8) is 0 Å². The second kappa shape index (κ2) is 8.31. The van der Waals surface area contributed by atoms with Crippen molar-refractivity contribution in [3.8, 4) is 0 Å². The minimum absolute atomic E-state index is 0.104. The van der Waals surface area contributed by atoms with E-state index in [1.807, 2.05) is 6.07 Å². The van der Waals surface area contributed by atoms with E-state index in [1.165, 1.54) is 24.3 Å². The van der Waals surface area contributed by atoms with Crippen LogP contribution in [0, 0.1) is 10.1 Å². The summed E-state index contributed by atoms with van der Waals surface area (Å²) in [5.41, 5.74) is 0.734. The quantitative estimate of drug-likeness (QED) is 0.647. The molecular formula is C19H20N4O4. The number of urea groups is 2. The van der Waals surface area contributed by atoms with Gasteiger partial charge in [0.2, 0.25) is 0 Å². The normalized spacial score (nSPS) is 13.7. The Morgan fingerprint density at radius 1 is 0.963 bits per heavy atom. The van der Waals surface area contributed by atoms with E-state index in [9.17, 15) is 19.7 Å². The van der Waals surface area contributed by atoms with Gasteiger partial charge in [-0.25, -0.2) is 14.5 Å². The van der Waals surface area contributed by atoms with Gasteiger partial charge in [-0.3, -0.25) is 10.1 Å². The largest absolute Gasteiger partial charge is 0.334 e. The van der Waals surface area contributed by atoms with Gasteiger partial charge in [0.05, 0.1) is 10.6 Å². The molecule has 4 amide bonds. The molecule has 1 aliphatic rings. The van der Waals surface area contributed by atoms with E-state index < -0.39 is 17.0 Å². The molecule has 0 bridgehead atoms. The third kappa shape index (κ3) is 4.41. The third-order valence-corrected chi connectivity index (χ3v) is 4.36. The van der Waals surface area contributed by atoms with Crippen LogP contribution in [0.2, 0.25) is 0 Å². The molecule has 2 aromatic rings. The Bertz CT molecular complexity index is 817. The van der Waals surface area contributed by atoms with Crippen LogP contribution in [0.5, 0.6) is 0 Å². The Morgan fingerprint density at radius 3 is 2.19 bits per heavy atom. The molecule has 1 N–H and O–H groups in total. The van der Waals surface area contributed by atoms with E-state index in [4.69, 9.17) is 0 Å². The fourth-order valence-corrected chi connectivity index (χ4v) is 2.97. The van der Waals surface area contributed by atoms with E-state index in [0.717, 1.165) is 24.2 Å². The highest BCUT2D eigenvalue weighted by molar-refractivity contribution is 6.18. The van der Waals surface area contributed by atoms with Crippen LogP contribution in [0.25, 0.3) is 0 Å². The molecule has 0 radical (unpaired) electrons. The van der Waals surface area contributed by atoms with Crippen molar-refractivity contribution in [1.82, 2.24) is 4.90 Å². The lowest BCUT2D eigenvalue weighted by Crippen LogP contribution is -2.49. The van der Waals surface area contributed by atoms with Crippen molar-refractivity contribution < 1.29 is 14.5 Å².